The summed E-state index contributed by atoms with van der Waals surface area (Å²) >= 11 is 0. The largest absolute Gasteiger partial charge is 0.490 e. The average Bonchev–Trinajstić information content (AvgIpc) is 2.71. The summed E-state index contributed by atoms with van der Waals surface area (Å²) in [6.07, 6.45) is 0.351. The molecule has 2 aromatic carbocycles. The van der Waals surface area contributed by atoms with E-state index in [-0.39, 0.29) is 11.5 Å². The molecule has 0 aliphatic carbocycles. The van der Waals surface area contributed by atoms with Gasteiger partial charge in [0.05, 0.1) is 4.92 Å². The minimum Gasteiger partial charge on any atom is -0.490 e. The minimum atomic E-state index is -3.51. The summed E-state index contributed by atoms with van der Waals surface area (Å²) in [7, 11) is 0. The van der Waals surface area contributed by atoms with E-state index in [0.29, 0.717) is 24.7 Å². The van der Waals surface area contributed by atoms with Crippen molar-refractivity contribution < 1.29 is 33.1 Å². The quantitative estimate of drug-likeness (QED) is 0.348. The molecular weight excluding hydrogens is 414 g/mol. The number of rotatable bonds is 9. The molecule has 0 unspecified atom stereocenters. The number of nitro groups is 1. The Balaban J connectivity index is 2.10. The zero-order valence-corrected chi connectivity index (χ0v) is 17.1. The van der Waals surface area contributed by atoms with Gasteiger partial charge < -0.3 is 15.2 Å². The fraction of sp³-hybridized carbons (Fsp3) is 0.333. The number of carbonyl (C=O) groups is 2. The molecule has 0 spiro atoms. The first-order valence-electron chi connectivity index (χ1n) is 9.31. The summed E-state index contributed by atoms with van der Waals surface area (Å²) in [5.74, 6) is -4.20. The molecule has 166 valence electrons. The van der Waals surface area contributed by atoms with Crippen LogP contribution in [0.1, 0.15) is 43.1 Å². The van der Waals surface area contributed by atoms with Gasteiger partial charge in [-0.1, -0.05) is 6.92 Å². The van der Waals surface area contributed by atoms with Crippen LogP contribution in [0.5, 0.6) is 5.75 Å². The van der Waals surface area contributed by atoms with Gasteiger partial charge in [-0.05, 0) is 43.3 Å². The predicted molar refractivity (Wildman–Crippen MR) is 108 cm³/mol. The maximum Gasteiger partial charge on any atom is 0.278 e. The molecule has 0 radical (unpaired) electrons. The number of carbonyl (C=O) groups excluding carboxylic acids is 2. The van der Waals surface area contributed by atoms with Crippen molar-refractivity contribution in [2.45, 2.75) is 38.7 Å². The molecule has 2 rings (SSSR count). The van der Waals surface area contributed by atoms with Gasteiger partial charge in [0, 0.05) is 30.7 Å². The lowest BCUT2D eigenvalue weighted by Crippen LogP contribution is -2.45. The maximum atomic E-state index is 13.7. The van der Waals surface area contributed by atoms with Crippen molar-refractivity contribution in [2.75, 3.05) is 11.9 Å². The van der Waals surface area contributed by atoms with E-state index >= 15 is 0 Å². The molecule has 0 saturated heterocycles. The van der Waals surface area contributed by atoms with Crippen molar-refractivity contribution in [1.29, 1.82) is 0 Å². The van der Waals surface area contributed by atoms with Crippen molar-refractivity contribution in [1.82, 2.24) is 0 Å². The minimum absolute atomic E-state index is 0.0435. The lowest BCUT2D eigenvalue weighted by atomic mass is 10.0. The second-order valence-electron chi connectivity index (χ2n) is 7.20. The predicted octanol–water partition coefficient (Wildman–Crippen LogP) is 4.07. The van der Waals surface area contributed by atoms with Gasteiger partial charge in [-0.25, -0.2) is 8.78 Å². The third kappa shape index (κ3) is 6.05. The van der Waals surface area contributed by atoms with Crippen LogP contribution in [-0.4, -0.2) is 33.9 Å². The number of Topliss-reactive ketones (excluding diaryl/α,β-unsaturated/α-hetero) is 1. The maximum absolute atomic E-state index is 13.7. The summed E-state index contributed by atoms with van der Waals surface area (Å²) in [4.78, 5) is 34.1. The number of nitrogens with one attached hydrogen (secondary N) is 1. The lowest BCUT2D eigenvalue weighted by Gasteiger charge is -2.23. The monoisotopic (exact) mass is 436 g/mol. The molecule has 2 N–H and O–H groups in total. The first-order chi connectivity index (χ1) is 14.3. The molecule has 1 atom stereocenters. The smallest absolute Gasteiger partial charge is 0.278 e. The van der Waals surface area contributed by atoms with E-state index in [1.54, 1.807) is 19.1 Å². The molecular formula is C21H22F2N2O6. The number of aliphatic hydroxyl groups is 1. The van der Waals surface area contributed by atoms with E-state index in [2.05, 4.69) is 5.32 Å². The van der Waals surface area contributed by atoms with Crippen LogP contribution < -0.4 is 10.1 Å². The van der Waals surface area contributed by atoms with Crippen LogP contribution in [0, 0.1) is 10.1 Å². The number of ketones is 1. The molecule has 0 aliphatic heterocycles. The Morgan fingerprint density at radius 2 is 1.77 bits per heavy atom. The van der Waals surface area contributed by atoms with Gasteiger partial charge in [0.1, 0.15) is 17.9 Å². The number of halogens is 2. The molecule has 0 saturated carbocycles. The Labute approximate surface area is 177 Å². The molecule has 0 heterocycles. The number of hydrogen-bond donors (Lipinski definition) is 2. The van der Waals surface area contributed by atoms with E-state index in [0.717, 1.165) is 25.1 Å². The van der Waals surface area contributed by atoms with Crippen LogP contribution >= 0.6 is 0 Å². The topological polar surface area (TPSA) is 119 Å². The Kier molecular flexibility index (Phi) is 7.06. The summed E-state index contributed by atoms with van der Waals surface area (Å²) < 4.78 is 32.9. The second-order valence-corrected chi connectivity index (χ2v) is 7.20. The summed E-state index contributed by atoms with van der Waals surface area (Å²) in [6.45, 7) is 2.93. The highest BCUT2D eigenvalue weighted by atomic mass is 19.3. The number of alkyl halides is 2. The molecule has 0 aromatic heterocycles. The highest BCUT2D eigenvalue weighted by molar-refractivity contribution is 5.97. The van der Waals surface area contributed by atoms with Crippen LogP contribution in [0.2, 0.25) is 0 Å². The van der Waals surface area contributed by atoms with Gasteiger partial charge in [-0.15, -0.1) is 0 Å². The fourth-order valence-electron chi connectivity index (χ4n) is 2.62. The summed E-state index contributed by atoms with van der Waals surface area (Å²) in [5.41, 5.74) is -3.34. The molecule has 0 aliphatic rings. The molecule has 1 amide bonds. The van der Waals surface area contributed by atoms with Gasteiger partial charge in [-0.3, -0.25) is 19.7 Å². The Morgan fingerprint density at radius 1 is 1.16 bits per heavy atom. The van der Waals surface area contributed by atoms with Crippen molar-refractivity contribution in [3.05, 3.63) is 63.7 Å². The highest BCUT2D eigenvalue weighted by Crippen LogP contribution is 2.36. The number of hydrogen-bond acceptors (Lipinski definition) is 6. The van der Waals surface area contributed by atoms with Crippen LogP contribution in [-0.2, 0) is 10.7 Å². The molecule has 31 heavy (non-hydrogen) atoms. The standard InChI is InChI=1S/C21H22F2N2O6/c1-4-18(26)13-5-8-15(9-6-13)31-12-20(2,28)19(27)24-14-7-10-17(25(29)30)16(11-14)21(3,22)23/h5-11,28H,4,12H2,1-3H3,(H,24,27)/t20-/m0/s1. The van der Waals surface area contributed by atoms with Gasteiger partial charge >= 0.3 is 0 Å². The molecule has 0 fully saturated rings. The van der Waals surface area contributed by atoms with Crippen molar-refractivity contribution >= 4 is 23.1 Å². The van der Waals surface area contributed by atoms with Gasteiger partial charge in [0.2, 0.25) is 0 Å². The van der Waals surface area contributed by atoms with Crippen molar-refractivity contribution in [3.63, 3.8) is 0 Å². The fourth-order valence-corrected chi connectivity index (χ4v) is 2.62. The van der Waals surface area contributed by atoms with Crippen molar-refractivity contribution in [3.8, 4) is 5.75 Å². The zero-order valence-electron chi connectivity index (χ0n) is 17.1. The number of ether oxygens (including phenoxy) is 1. The van der Waals surface area contributed by atoms with E-state index < -0.39 is 40.2 Å². The van der Waals surface area contributed by atoms with E-state index in [1.807, 2.05) is 0 Å². The summed E-state index contributed by atoms with van der Waals surface area (Å²) in [6, 6.07) is 8.87. The molecule has 8 nitrogen and oxygen atoms in total. The SMILES string of the molecule is CCC(=O)c1ccc(OC[C@](C)(O)C(=O)Nc2ccc([N+](=O)[O-])c(C(C)(F)F)c2)cc1. The van der Waals surface area contributed by atoms with Crippen LogP contribution in [0.15, 0.2) is 42.5 Å². The third-order valence-electron chi connectivity index (χ3n) is 4.43. The van der Waals surface area contributed by atoms with Gasteiger partial charge in [0.15, 0.2) is 11.4 Å². The molecule has 2 aromatic rings. The second kappa shape index (κ2) is 9.17. The van der Waals surface area contributed by atoms with Crippen LogP contribution in [0.4, 0.5) is 20.2 Å². The lowest BCUT2D eigenvalue weighted by molar-refractivity contribution is -0.386. The van der Waals surface area contributed by atoms with E-state index in [4.69, 9.17) is 4.74 Å². The number of anilines is 1. The van der Waals surface area contributed by atoms with Gasteiger partial charge in [-0.2, -0.15) is 0 Å². The normalized spacial score (nSPS) is 13.2. The van der Waals surface area contributed by atoms with E-state index in [1.165, 1.54) is 12.1 Å². The first kappa shape index (κ1) is 23.9. The van der Waals surface area contributed by atoms with E-state index in [9.17, 15) is 33.6 Å². The third-order valence-corrected chi connectivity index (χ3v) is 4.43. The molecule has 0 bridgehead atoms. The first-order valence-corrected chi connectivity index (χ1v) is 9.31. The Hall–Kier alpha value is -3.40. The Bertz CT molecular complexity index is 984. The number of amides is 1. The molecule has 10 heteroatoms. The highest BCUT2D eigenvalue weighted by Gasteiger charge is 2.35. The number of benzene rings is 2. The summed E-state index contributed by atoms with van der Waals surface area (Å²) in [5, 5.41) is 23.6. The number of nitro benzene ring substituents is 1. The Morgan fingerprint density at radius 3 is 2.29 bits per heavy atom. The number of nitrogens with zero attached hydrogens (tertiary/aromatic N) is 1. The van der Waals surface area contributed by atoms with Crippen LogP contribution in [0.3, 0.4) is 0 Å². The van der Waals surface area contributed by atoms with Crippen molar-refractivity contribution in [2.24, 2.45) is 0 Å². The van der Waals surface area contributed by atoms with Crippen LogP contribution in [0.25, 0.3) is 0 Å². The average molecular weight is 436 g/mol. The zero-order chi connectivity index (χ0) is 23.4. The van der Waals surface area contributed by atoms with Gasteiger partial charge in [0.25, 0.3) is 17.5 Å².